The number of hydrogen-bond donors (Lipinski definition) is 0. The Morgan fingerprint density at radius 2 is 1.12 bits per heavy atom. The van der Waals surface area contributed by atoms with Crippen molar-refractivity contribution in [3.8, 4) is 22.6 Å². The lowest BCUT2D eigenvalue weighted by Crippen LogP contribution is -2.32. The normalized spacial score (nSPS) is 13.5. The van der Waals surface area contributed by atoms with Gasteiger partial charge in [-0.3, -0.25) is 0 Å². The first kappa shape index (κ1) is 31.1. The summed E-state index contributed by atoms with van der Waals surface area (Å²) in [5, 5.41) is 7.21. The summed E-state index contributed by atoms with van der Waals surface area (Å²) in [6, 6.07) is 68.2. The number of anilines is 3. The second-order valence-corrected chi connectivity index (χ2v) is 16.2. The Morgan fingerprint density at radius 3 is 1.96 bits per heavy atom. The largest absolute Gasteiger partial charge is 0.457 e. The minimum absolute atomic E-state index is 0.628. The third-order valence-electron chi connectivity index (χ3n) is 12.3. The molecule has 0 bridgehead atoms. The second kappa shape index (κ2) is 11.5. The van der Waals surface area contributed by atoms with Gasteiger partial charge in [0.05, 0.1) is 21.5 Å². The topological polar surface area (TPSA) is 25.6 Å². The van der Waals surface area contributed by atoms with Crippen molar-refractivity contribution >= 4 is 81.3 Å². The van der Waals surface area contributed by atoms with E-state index in [1.807, 2.05) is 17.4 Å². The lowest BCUT2D eigenvalue weighted by molar-refractivity contribution is 0.436. The molecule has 3 nitrogen and oxygen atoms in total. The molecule has 0 unspecified atom stereocenters. The number of ether oxygens (including phenoxy) is 1. The highest BCUT2D eigenvalue weighted by Gasteiger charge is 2.51. The molecule has 57 heavy (non-hydrogen) atoms. The van der Waals surface area contributed by atoms with E-state index in [0.29, 0.717) is 0 Å². The van der Waals surface area contributed by atoms with Gasteiger partial charge in [0.2, 0.25) is 0 Å². The van der Waals surface area contributed by atoms with Gasteiger partial charge in [0.15, 0.2) is 5.58 Å². The molecule has 266 valence electrons. The monoisotopic (exact) mass is 745 g/mol. The number of nitrogens with zero attached hydrogens (tertiary/aromatic N) is 1. The van der Waals surface area contributed by atoms with Crippen LogP contribution in [0.2, 0.25) is 0 Å². The van der Waals surface area contributed by atoms with Crippen molar-refractivity contribution in [2.75, 3.05) is 4.90 Å². The van der Waals surface area contributed by atoms with Gasteiger partial charge < -0.3 is 14.1 Å². The fraction of sp³-hybridized carbons (Fsp3) is 0.0189. The van der Waals surface area contributed by atoms with Crippen molar-refractivity contribution in [1.29, 1.82) is 0 Å². The maximum absolute atomic E-state index is 6.82. The van der Waals surface area contributed by atoms with Crippen LogP contribution in [0.15, 0.2) is 192 Å². The number of rotatable bonds is 3. The number of furan rings is 1. The lowest BCUT2D eigenvalue weighted by Gasteiger charge is -2.39. The molecule has 1 spiro atoms. The summed E-state index contributed by atoms with van der Waals surface area (Å²) >= 11 is 1.85. The van der Waals surface area contributed by atoms with Crippen LogP contribution in [0.4, 0.5) is 17.1 Å². The first-order chi connectivity index (χ1) is 28.3. The Bertz CT molecular complexity index is 3320. The predicted molar refractivity (Wildman–Crippen MR) is 236 cm³/mol. The van der Waals surface area contributed by atoms with Crippen LogP contribution < -0.4 is 9.64 Å². The van der Waals surface area contributed by atoms with Crippen LogP contribution >= 0.6 is 11.3 Å². The molecular weight excluding hydrogens is 715 g/mol. The first-order valence-electron chi connectivity index (χ1n) is 19.4. The van der Waals surface area contributed by atoms with Gasteiger partial charge in [-0.25, -0.2) is 0 Å². The Balaban J connectivity index is 1.17. The molecule has 0 atom stereocenters. The molecular formula is C53H31NO2S. The highest BCUT2D eigenvalue weighted by atomic mass is 32.1. The number of hydrogen-bond acceptors (Lipinski definition) is 4. The maximum Gasteiger partial charge on any atom is 0.159 e. The molecule has 3 heterocycles. The molecule has 2 aliphatic rings. The molecule has 1 aliphatic heterocycles. The van der Waals surface area contributed by atoms with E-state index in [2.05, 4.69) is 187 Å². The van der Waals surface area contributed by atoms with Gasteiger partial charge in [0.1, 0.15) is 17.1 Å². The van der Waals surface area contributed by atoms with Crippen molar-refractivity contribution < 1.29 is 9.15 Å². The van der Waals surface area contributed by atoms with Crippen LogP contribution in [0.5, 0.6) is 11.5 Å². The zero-order valence-corrected chi connectivity index (χ0v) is 31.4. The minimum Gasteiger partial charge on any atom is -0.457 e. The Kier molecular flexibility index (Phi) is 6.25. The molecule has 13 rings (SSSR count). The van der Waals surface area contributed by atoms with Crippen molar-refractivity contribution in [3.05, 3.63) is 210 Å². The Morgan fingerprint density at radius 1 is 0.456 bits per heavy atom. The van der Waals surface area contributed by atoms with Crippen LogP contribution in [0, 0.1) is 0 Å². The Hall–Kier alpha value is -7.14. The smallest absolute Gasteiger partial charge is 0.159 e. The summed E-state index contributed by atoms with van der Waals surface area (Å²) in [7, 11) is 0. The molecule has 0 radical (unpaired) electrons. The maximum atomic E-state index is 6.82. The quantitative estimate of drug-likeness (QED) is 0.180. The van der Waals surface area contributed by atoms with Gasteiger partial charge >= 0.3 is 0 Å². The van der Waals surface area contributed by atoms with E-state index in [1.54, 1.807) is 0 Å². The standard InChI is InChI=1S/C53H31NO2S/c1-2-14-34-32(13-1)27-30-42-50(34)39-29-28-33(31-43(39)53(42)40-19-5-8-24-47(40)55-48-25-9-6-20-41(48)53)54(44-21-11-17-37-35-15-3-7-23-46(35)56-51(37)44)45-22-12-18-38-36-16-4-10-26-49(36)57-52(38)45/h1-31H. The molecule has 9 aromatic carbocycles. The van der Waals surface area contributed by atoms with E-state index in [9.17, 15) is 0 Å². The van der Waals surface area contributed by atoms with Gasteiger partial charge in [0.25, 0.3) is 0 Å². The third-order valence-corrected chi connectivity index (χ3v) is 13.5. The molecule has 0 fully saturated rings. The van der Waals surface area contributed by atoms with E-state index in [1.165, 1.54) is 53.2 Å². The minimum atomic E-state index is -0.628. The van der Waals surface area contributed by atoms with E-state index in [0.717, 1.165) is 61.6 Å². The zero-order valence-electron chi connectivity index (χ0n) is 30.6. The summed E-state index contributed by atoms with van der Waals surface area (Å²) < 4.78 is 16.1. The van der Waals surface area contributed by atoms with Crippen LogP contribution in [-0.4, -0.2) is 0 Å². The number of thiophene rings is 1. The van der Waals surface area contributed by atoms with E-state index >= 15 is 0 Å². The zero-order chi connectivity index (χ0) is 37.2. The lowest BCUT2D eigenvalue weighted by atomic mass is 9.66. The fourth-order valence-electron chi connectivity index (χ4n) is 10.0. The second-order valence-electron chi connectivity index (χ2n) is 15.1. The molecule has 0 saturated carbocycles. The Labute approximate surface area is 332 Å². The van der Waals surface area contributed by atoms with Crippen LogP contribution in [-0.2, 0) is 5.41 Å². The highest BCUT2D eigenvalue weighted by molar-refractivity contribution is 7.26. The summed E-state index contributed by atoms with van der Waals surface area (Å²) in [6.45, 7) is 0. The predicted octanol–water partition coefficient (Wildman–Crippen LogP) is 15.0. The highest BCUT2D eigenvalue weighted by Crippen LogP contribution is 2.64. The van der Waals surface area contributed by atoms with E-state index < -0.39 is 5.41 Å². The average molecular weight is 746 g/mol. The first-order valence-corrected chi connectivity index (χ1v) is 20.2. The fourth-order valence-corrected chi connectivity index (χ4v) is 11.2. The molecule has 0 N–H and O–H groups in total. The average Bonchev–Trinajstić information content (AvgIpc) is 3.93. The molecule has 4 heteroatoms. The van der Waals surface area contributed by atoms with Gasteiger partial charge in [-0.15, -0.1) is 11.3 Å². The number of fused-ring (bicyclic) bond motifs is 17. The van der Waals surface area contributed by atoms with E-state index in [-0.39, 0.29) is 0 Å². The summed E-state index contributed by atoms with van der Waals surface area (Å²) in [5.41, 5.74) is 11.6. The van der Waals surface area contributed by atoms with Crippen molar-refractivity contribution in [2.45, 2.75) is 5.41 Å². The van der Waals surface area contributed by atoms with Gasteiger partial charge in [-0.2, -0.15) is 0 Å². The molecule has 0 amide bonds. The van der Waals surface area contributed by atoms with E-state index in [4.69, 9.17) is 9.15 Å². The van der Waals surface area contributed by atoms with Crippen molar-refractivity contribution in [2.24, 2.45) is 0 Å². The van der Waals surface area contributed by atoms with Crippen molar-refractivity contribution in [1.82, 2.24) is 0 Å². The van der Waals surface area contributed by atoms with Crippen molar-refractivity contribution in [3.63, 3.8) is 0 Å². The summed E-state index contributed by atoms with van der Waals surface area (Å²) in [4.78, 5) is 2.44. The van der Waals surface area contributed by atoms with Gasteiger partial charge in [0, 0.05) is 43.1 Å². The third kappa shape index (κ3) is 4.10. The van der Waals surface area contributed by atoms with Crippen LogP contribution in [0.3, 0.4) is 0 Å². The SMILES string of the molecule is c1ccc2c(c1)Oc1ccccc1C21c2cc(N(c3cccc4c3oc3ccccc34)c3cccc4c3sc3ccccc34)ccc2-c2c1ccc1ccccc21. The summed E-state index contributed by atoms with van der Waals surface area (Å²) in [6.07, 6.45) is 0. The van der Waals surface area contributed by atoms with Gasteiger partial charge in [-0.05, 0) is 81.6 Å². The number of para-hydroxylation sites is 4. The number of benzene rings is 9. The molecule has 2 aromatic heterocycles. The molecule has 11 aromatic rings. The van der Waals surface area contributed by atoms with Crippen LogP contribution in [0.25, 0.3) is 64.0 Å². The summed E-state index contributed by atoms with van der Waals surface area (Å²) in [5.74, 6) is 1.76. The molecule has 0 saturated heterocycles. The van der Waals surface area contributed by atoms with Crippen LogP contribution in [0.1, 0.15) is 22.3 Å². The molecule has 1 aliphatic carbocycles. The van der Waals surface area contributed by atoms with Gasteiger partial charge in [-0.1, -0.05) is 140 Å².